The van der Waals surface area contributed by atoms with Crippen LogP contribution >= 0.6 is 10.3 Å². The van der Waals surface area contributed by atoms with Crippen molar-refractivity contribution in [2.24, 2.45) is 0 Å². The maximum absolute atomic E-state index is 13.4. The van der Waals surface area contributed by atoms with Crippen LogP contribution < -0.4 is 0 Å². The fraction of sp³-hybridized carbons (Fsp3) is 0. The van der Waals surface area contributed by atoms with E-state index in [1.807, 2.05) is 91.0 Å². The van der Waals surface area contributed by atoms with Gasteiger partial charge < -0.3 is 9.29 Å². The molecule has 0 amide bonds. The van der Waals surface area contributed by atoms with Gasteiger partial charge in [0.1, 0.15) is 0 Å². The molecule has 6 heteroatoms. The van der Waals surface area contributed by atoms with Crippen molar-refractivity contribution >= 4 is 51.8 Å². The van der Waals surface area contributed by atoms with E-state index in [-0.39, 0.29) is 40.7 Å². The molecule has 1 N–H and O–H groups in total. The first-order valence-electron chi connectivity index (χ1n) is 9.67. The van der Waals surface area contributed by atoms with Gasteiger partial charge in [-0.25, -0.2) is 9.59 Å². The Morgan fingerprint density at radius 2 is 1.00 bits per heavy atom. The summed E-state index contributed by atoms with van der Waals surface area (Å²) in [6.07, 6.45) is 0. The summed E-state index contributed by atoms with van der Waals surface area (Å²) in [5.41, 5.74) is 0.230. The van der Waals surface area contributed by atoms with Gasteiger partial charge in [0, 0.05) is 14.7 Å². The van der Waals surface area contributed by atoms with Crippen LogP contribution in [0.4, 0.5) is 0 Å². The van der Waals surface area contributed by atoms with Gasteiger partial charge >= 0.3 is 41.5 Å². The van der Waals surface area contributed by atoms with Gasteiger partial charge in [-0.2, -0.15) is 0 Å². The number of benzene rings is 4. The van der Waals surface area contributed by atoms with E-state index in [1.165, 1.54) is 12.1 Å². The molecule has 4 nitrogen and oxygen atoms in total. The van der Waals surface area contributed by atoms with E-state index >= 15 is 0 Å². The van der Waals surface area contributed by atoms with Crippen LogP contribution in [0.25, 0.3) is 0 Å². The van der Waals surface area contributed by atoms with Crippen LogP contribution in [0.5, 0.6) is 0 Å². The molecule has 4 aromatic carbocycles. The Bertz CT molecular complexity index is 1100. The van der Waals surface area contributed by atoms with Crippen LogP contribution in [0, 0.1) is 0 Å². The third kappa shape index (κ3) is 4.81. The van der Waals surface area contributed by atoms with Gasteiger partial charge in [-0.15, -0.1) is 0 Å². The molecule has 0 radical (unpaired) electrons. The second-order valence-corrected chi connectivity index (χ2v) is 9.45. The predicted molar refractivity (Wildman–Crippen MR) is 128 cm³/mol. The zero-order valence-corrected chi connectivity index (χ0v) is 17.4. The van der Waals surface area contributed by atoms with Crippen LogP contribution in [-0.4, -0.2) is 46.6 Å². The normalized spacial score (nSPS) is 11.1. The third-order valence-corrected chi connectivity index (χ3v) is 7.98. The van der Waals surface area contributed by atoms with Crippen molar-refractivity contribution in [3.63, 3.8) is 0 Å². The fourth-order valence-electron chi connectivity index (χ4n) is 3.33. The van der Waals surface area contributed by atoms with E-state index in [0.29, 0.717) is 0 Å². The standard InChI is InChI=1S/C26H20O4S.Na.H/c27-25(28)20-11-10-12-21(19-20)26(29)30-31(22-13-4-1-5-14-22,23-15-6-2-7-16-23)24-17-8-3-9-18-24;;/h1-19H,(H,27,28);;. The van der Waals surface area contributed by atoms with Gasteiger partial charge in [-0.3, -0.25) is 0 Å². The van der Waals surface area contributed by atoms with Crippen LogP contribution in [0.1, 0.15) is 20.7 Å². The molecular formula is C26H21NaO4S. The molecule has 0 bridgehead atoms. The average Bonchev–Trinajstić information content (AvgIpc) is 2.84. The van der Waals surface area contributed by atoms with Crippen LogP contribution in [-0.2, 0) is 4.18 Å². The van der Waals surface area contributed by atoms with Crippen molar-refractivity contribution < 1.29 is 18.9 Å². The van der Waals surface area contributed by atoms with Crippen LogP contribution in [0.15, 0.2) is 130 Å². The zero-order valence-electron chi connectivity index (χ0n) is 16.5. The summed E-state index contributed by atoms with van der Waals surface area (Å²) < 4.78 is 6.37. The van der Waals surface area contributed by atoms with Gasteiger partial charge in [0.05, 0.1) is 11.1 Å². The Kier molecular flexibility index (Phi) is 7.94. The monoisotopic (exact) mass is 452 g/mol. The van der Waals surface area contributed by atoms with Gasteiger partial charge in [-0.05, 0) is 64.9 Å². The summed E-state index contributed by atoms with van der Waals surface area (Å²) >= 11 is 0. The topological polar surface area (TPSA) is 63.6 Å². The van der Waals surface area contributed by atoms with E-state index in [0.717, 1.165) is 14.7 Å². The summed E-state index contributed by atoms with van der Waals surface area (Å²) in [6, 6.07) is 34.9. The third-order valence-electron chi connectivity index (χ3n) is 4.77. The zero-order chi connectivity index (χ0) is 21.7. The van der Waals surface area contributed by atoms with E-state index < -0.39 is 22.2 Å². The SMILES string of the molecule is O=C(O)c1cccc(C(=O)OS(c2ccccc2)(c2ccccc2)c2ccccc2)c1.[NaH]. The molecule has 0 aromatic heterocycles. The molecule has 0 unspecified atom stereocenters. The van der Waals surface area contributed by atoms with Crippen molar-refractivity contribution in [2.45, 2.75) is 14.7 Å². The van der Waals surface area contributed by atoms with Crippen molar-refractivity contribution in [2.75, 3.05) is 0 Å². The molecule has 0 aliphatic carbocycles. The molecule has 0 atom stereocenters. The number of carboxylic acid groups (broad SMARTS) is 1. The van der Waals surface area contributed by atoms with Crippen molar-refractivity contribution in [1.29, 1.82) is 0 Å². The Labute approximate surface area is 210 Å². The summed E-state index contributed by atoms with van der Waals surface area (Å²) in [4.78, 5) is 27.4. The quantitative estimate of drug-likeness (QED) is 0.376. The Hall–Kier alpha value is -2.83. The van der Waals surface area contributed by atoms with E-state index in [9.17, 15) is 14.7 Å². The molecule has 4 rings (SSSR count). The Balaban J connectivity index is 0.00000289. The molecule has 0 heterocycles. The number of carbonyl (C=O) groups is 2. The average molecular weight is 453 g/mol. The molecule has 0 aliphatic heterocycles. The van der Waals surface area contributed by atoms with Crippen molar-refractivity contribution in [3.05, 3.63) is 126 Å². The molecule has 0 spiro atoms. The molecular weight excluding hydrogens is 431 g/mol. The number of aromatic carboxylic acids is 1. The van der Waals surface area contributed by atoms with Gasteiger partial charge in [0.15, 0.2) is 0 Å². The summed E-state index contributed by atoms with van der Waals surface area (Å²) in [7, 11) is -2.41. The number of carboxylic acids is 1. The van der Waals surface area contributed by atoms with Gasteiger partial charge in [0.2, 0.25) is 0 Å². The Morgan fingerprint density at radius 3 is 1.41 bits per heavy atom. The van der Waals surface area contributed by atoms with E-state index in [4.69, 9.17) is 4.18 Å². The molecule has 0 aliphatic rings. The van der Waals surface area contributed by atoms with Crippen LogP contribution in [0.3, 0.4) is 0 Å². The van der Waals surface area contributed by atoms with E-state index in [1.54, 1.807) is 12.1 Å². The summed E-state index contributed by atoms with van der Waals surface area (Å²) in [5, 5.41) is 9.31. The second-order valence-electron chi connectivity index (χ2n) is 6.75. The minimum atomic E-state index is -2.41. The number of hydrogen-bond acceptors (Lipinski definition) is 3. The Morgan fingerprint density at radius 1 is 0.594 bits per heavy atom. The first-order chi connectivity index (χ1) is 15.1. The molecule has 0 saturated carbocycles. The molecule has 0 saturated heterocycles. The van der Waals surface area contributed by atoms with Crippen molar-refractivity contribution in [3.8, 4) is 0 Å². The number of carbonyl (C=O) groups excluding carboxylic acids is 1. The number of rotatable bonds is 6. The summed E-state index contributed by atoms with van der Waals surface area (Å²) in [5.74, 6) is -1.67. The van der Waals surface area contributed by atoms with E-state index in [2.05, 4.69) is 0 Å². The second kappa shape index (κ2) is 10.7. The van der Waals surface area contributed by atoms with Gasteiger partial charge in [0.25, 0.3) is 0 Å². The molecule has 0 fully saturated rings. The first-order valence-corrected chi connectivity index (χ1v) is 11.2. The molecule has 32 heavy (non-hydrogen) atoms. The first kappa shape index (κ1) is 23.8. The maximum atomic E-state index is 13.4. The van der Waals surface area contributed by atoms with Crippen LogP contribution in [0.2, 0.25) is 0 Å². The van der Waals surface area contributed by atoms with Crippen molar-refractivity contribution in [1.82, 2.24) is 0 Å². The minimum absolute atomic E-state index is 0. The molecule has 4 aromatic rings. The fourth-order valence-corrected chi connectivity index (χ4v) is 6.38. The predicted octanol–water partition coefficient (Wildman–Crippen LogP) is 5.79. The number of hydrogen-bond donors (Lipinski definition) is 1. The molecule has 156 valence electrons. The summed E-state index contributed by atoms with van der Waals surface area (Å²) in [6.45, 7) is 0. The van der Waals surface area contributed by atoms with Gasteiger partial charge in [-0.1, -0.05) is 60.7 Å².